The minimum absolute atomic E-state index is 0.212. The van der Waals surface area contributed by atoms with Crippen molar-refractivity contribution in [3.8, 4) is 22.8 Å². The Labute approximate surface area is 203 Å². The van der Waals surface area contributed by atoms with Gasteiger partial charge in [0.25, 0.3) is 0 Å². The number of imidazole rings is 1. The second-order valence-corrected chi connectivity index (χ2v) is 11.2. The zero-order valence-electron chi connectivity index (χ0n) is 19.0. The zero-order valence-corrected chi connectivity index (χ0v) is 20.6. The van der Waals surface area contributed by atoms with Crippen LogP contribution in [-0.2, 0) is 10.0 Å². The van der Waals surface area contributed by atoms with E-state index in [0.717, 1.165) is 16.9 Å². The summed E-state index contributed by atoms with van der Waals surface area (Å²) in [5.41, 5.74) is 3.10. The number of benzene rings is 1. The van der Waals surface area contributed by atoms with Crippen molar-refractivity contribution in [1.29, 1.82) is 0 Å². The van der Waals surface area contributed by atoms with Gasteiger partial charge in [0.05, 0.1) is 42.8 Å². The van der Waals surface area contributed by atoms with E-state index in [1.165, 1.54) is 4.31 Å². The quantitative estimate of drug-likeness (QED) is 0.526. The summed E-state index contributed by atoms with van der Waals surface area (Å²) in [6.45, 7) is 1.12. The van der Waals surface area contributed by atoms with Crippen molar-refractivity contribution in [2.45, 2.75) is 24.1 Å². The second kappa shape index (κ2) is 8.92. The Morgan fingerprint density at radius 2 is 1.91 bits per heavy atom. The van der Waals surface area contributed by atoms with Crippen LogP contribution in [0.15, 0.2) is 36.7 Å². The molecule has 1 aromatic carbocycles. The molecule has 1 saturated heterocycles. The number of aliphatic hydroxyl groups excluding tert-OH is 1. The molecule has 2 fully saturated rings. The number of methoxy groups -OCH3 is 2. The fraction of sp³-hybridized carbons (Fsp3) is 0.435. The van der Waals surface area contributed by atoms with Crippen LogP contribution in [0, 0.1) is 0 Å². The van der Waals surface area contributed by atoms with Crippen molar-refractivity contribution in [2.75, 3.05) is 45.4 Å². The van der Waals surface area contributed by atoms with Gasteiger partial charge in [-0.1, -0.05) is 11.6 Å². The Kier molecular flexibility index (Phi) is 6.09. The molecule has 0 amide bonds. The number of nitrogens with zero attached hydrogens (tertiary/aromatic N) is 4. The van der Waals surface area contributed by atoms with Crippen molar-refractivity contribution in [1.82, 2.24) is 13.7 Å². The van der Waals surface area contributed by atoms with E-state index in [4.69, 9.17) is 26.1 Å². The lowest BCUT2D eigenvalue weighted by molar-refractivity contribution is 0.175. The number of aromatic nitrogens is 2. The van der Waals surface area contributed by atoms with Gasteiger partial charge in [-0.3, -0.25) is 0 Å². The van der Waals surface area contributed by atoms with Crippen LogP contribution < -0.4 is 14.4 Å². The molecule has 5 rings (SSSR count). The molecule has 9 nitrogen and oxygen atoms in total. The van der Waals surface area contributed by atoms with Gasteiger partial charge in [-0.2, -0.15) is 4.31 Å². The second-order valence-electron chi connectivity index (χ2n) is 8.60. The van der Waals surface area contributed by atoms with Crippen molar-refractivity contribution in [3.63, 3.8) is 0 Å². The average Bonchev–Trinajstić information content (AvgIpc) is 3.63. The maximum atomic E-state index is 12.7. The Morgan fingerprint density at radius 3 is 2.59 bits per heavy atom. The van der Waals surface area contributed by atoms with Crippen LogP contribution in [0.1, 0.15) is 12.8 Å². The third kappa shape index (κ3) is 4.08. The van der Waals surface area contributed by atoms with Gasteiger partial charge in [0, 0.05) is 55.4 Å². The van der Waals surface area contributed by atoms with Gasteiger partial charge in [-0.25, -0.2) is 13.4 Å². The molecule has 11 heteroatoms. The summed E-state index contributed by atoms with van der Waals surface area (Å²) >= 11 is 6.34. The number of sulfonamides is 1. The van der Waals surface area contributed by atoms with Crippen molar-refractivity contribution in [3.05, 3.63) is 41.7 Å². The smallest absolute Gasteiger partial charge is 0.217 e. The fourth-order valence-electron chi connectivity index (χ4n) is 4.47. The SMILES string of the molecule is COc1cc(OC)c(-c2cn3ccc(N4CCN(S(=O)(=O)C5CC5)C(CO)C4)cc3n2)cc1Cl. The largest absolute Gasteiger partial charge is 0.496 e. The third-order valence-corrected chi connectivity index (χ3v) is 9.21. The number of hydrogen-bond acceptors (Lipinski definition) is 7. The van der Waals surface area contributed by atoms with Crippen molar-refractivity contribution < 1.29 is 23.0 Å². The first kappa shape index (κ1) is 23.2. The number of halogens is 1. The Morgan fingerprint density at radius 1 is 1.15 bits per heavy atom. The molecule has 2 aromatic heterocycles. The van der Waals surface area contributed by atoms with E-state index in [1.807, 2.05) is 28.9 Å². The summed E-state index contributed by atoms with van der Waals surface area (Å²) in [7, 11) is -0.199. The molecule has 0 spiro atoms. The van der Waals surface area contributed by atoms with E-state index in [1.54, 1.807) is 26.4 Å². The molecule has 0 radical (unpaired) electrons. The van der Waals surface area contributed by atoms with E-state index >= 15 is 0 Å². The highest BCUT2D eigenvalue weighted by Crippen LogP contribution is 2.38. The molecule has 182 valence electrons. The van der Waals surface area contributed by atoms with Gasteiger partial charge in [0.1, 0.15) is 17.1 Å². The number of rotatable bonds is 7. The van der Waals surface area contributed by atoms with E-state index < -0.39 is 16.1 Å². The van der Waals surface area contributed by atoms with Crippen LogP contribution >= 0.6 is 11.6 Å². The van der Waals surface area contributed by atoms with E-state index in [9.17, 15) is 13.5 Å². The van der Waals surface area contributed by atoms with Crippen LogP contribution in [0.2, 0.25) is 5.02 Å². The first-order chi connectivity index (χ1) is 16.3. The minimum Gasteiger partial charge on any atom is -0.496 e. The number of hydrogen-bond donors (Lipinski definition) is 1. The maximum absolute atomic E-state index is 12.7. The number of pyridine rings is 1. The molecule has 3 heterocycles. The first-order valence-electron chi connectivity index (χ1n) is 11.1. The highest BCUT2D eigenvalue weighted by Gasteiger charge is 2.44. The Balaban J connectivity index is 1.42. The number of piperazine rings is 1. The van der Waals surface area contributed by atoms with Crippen LogP contribution in [0.3, 0.4) is 0 Å². The summed E-state index contributed by atoms with van der Waals surface area (Å²) in [6.07, 6.45) is 5.24. The molecule has 1 N–H and O–H groups in total. The summed E-state index contributed by atoms with van der Waals surface area (Å²) in [6, 6.07) is 6.97. The number of anilines is 1. The van der Waals surface area contributed by atoms with Gasteiger partial charge in [0.15, 0.2) is 0 Å². The third-order valence-electron chi connectivity index (χ3n) is 6.47. The minimum atomic E-state index is -3.33. The Bertz CT molecular complexity index is 1320. The van der Waals surface area contributed by atoms with Crippen LogP contribution in [-0.4, -0.2) is 79.0 Å². The predicted molar refractivity (Wildman–Crippen MR) is 130 cm³/mol. The molecule has 1 atom stereocenters. The summed E-state index contributed by atoms with van der Waals surface area (Å²) in [4.78, 5) is 6.87. The van der Waals surface area contributed by atoms with Crippen LogP contribution in [0.5, 0.6) is 11.5 Å². The summed E-state index contributed by atoms with van der Waals surface area (Å²) in [5, 5.41) is 10.1. The van der Waals surface area contributed by atoms with Crippen LogP contribution in [0.25, 0.3) is 16.9 Å². The molecule has 34 heavy (non-hydrogen) atoms. The lowest BCUT2D eigenvalue weighted by Crippen LogP contribution is -2.57. The standard InChI is InChI=1S/C23H27ClN4O5S/c1-32-21-11-22(33-2)19(24)10-18(21)20-13-27-6-5-15(9-23(27)25-20)26-7-8-28(16(12-26)14-29)34(30,31)17-3-4-17/h5-6,9-11,13,16-17,29H,3-4,7-8,12,14H2,1-2H3. The van der Waals surface area contributed by atoms with Gasteiger partial charge >= 0.3 is 0 Å². The number of fused-ring (bicyclic) bond motifs is 1. The average molecular weight is 507 g/mol. The predicted octanol–water partition coefficient (Wildman–Crippen LogP) is 2.65. The Hall–Kier alpha value is -2.53. The molecule has 3 aromatic rings. The highest BCUT2D eigenvalue weighted by atomic mass is 35.5. The first-order valence-corrected chi connectivity index (χ1v) is 13.0. The molecule has 2 aliphatic rings. The molecule has 1 aliphatic heterocycles. The molecular weight excluding hydrogens is 480 g/mol. The summed E-state index contributed by atoms with van der Waals surface area (Å²) in [5.74, 6) is 1.12. The van der Waals surface area contributed by atoms with E-state index in [-0.39, 0.29) is 11.9 Å². The molecule has 0 bridgehead atoms. The molecular formula is C23H27ClN4O5S. The van der Waals surface area contributed by atoms with Gasteiger partial charge < -0.3 is 23.9 Å². The molecule has 1 unspecified atom stereocenters. The number of ether oxygens (including phenoxy) is 2. The molecule has 1 aliphatic carbocycles. The fourth-order valence-corrected chi connectivity index (χ4v) is 6.71. The number of aliphatic hydroxyl groups is 1. The van der Waals surface area contributed by atoms with Crippen molar-refractivity contribution >= 4 is 33.0 Å². The normalized spacial score (nSPS) is 19.5. The van der Waals surface area contributed by atoms with Gasteiger partial charge in [-0.05, 0) is 25.0 Å². The topological polar surface area (TPSA) is 96.6 Å². The summed E-state index contributed by atoms with van der Waals surface area (Å²) < 4.78 is 39.7. The maximum Gasteiger partial charge on any atom is 0.217 e. The van der Waals surface area contributed by atoms with Gasteiger partial charge in [-0.15, -0.1) is 0 Å². The van der Waals surface area contributed by atoms with Crippen molar-refractivity contribution in [2.24, 2.45) is 0 Å². The highest BCUT2D eigenvalue weighted by molar-refractivity contribution is 7.90. The van der Waals surface area contributed by atoms with E-state index in [2.05, 4.69) is 4.90 Å². The van der Waals surface area contributed by atoms with Crippen LogP contribution in [0.4, 0.5) is 5.69 Å². The lowest BCUT2D eigenvalue weighted by Gasteiger charge is -2.40. The molecule has 1 saturated carbocycles. The monoisotopic (exact) mass is 506 g/mol. The zero-order chi connectivity index (χ0) is 24.0. The lowest BCUT2D eigenvalue weighted by atomic mass is 10.1. The van der Waals surface area contributed by atoms with Gasteiger partial charge in [0.2, 0.25) is 10.0 Å². The van der Waals surface area contributed by atoms with E-state index in [0.29, 0.717) is 54.7 Å².